The molecule has 6 rings (SSSR count). The van der Waals surface area contributed by atoms with Gasteiger partial charge in [0.1, 0.15) is 18.7 Å². The molecule has 7 nitrogen and oxygen atoms in total. The van der Waals surface area contributed by atoms with Gasteiger partial charge in [0.15, 0.2) is 5.65 Å². The van der Waals surface area contributed by atoms with Gasteiger partial charge in [0, 0.05) is 36.5 Å². The van der Waals surface area contributed by atoms with Crippen LogP contribution in [0.2, 0.25) is 0 Å². The summed E-state index contributed by atoms with van der Waals surface area (Å²) in [6.07, 6.45) is 3.68. The SMILES string of the molecule is Cc1c(-c2[nH]c3cc4c(nc3c2C(C)C)C2(CNC2)CO4)cn2ncnc2c1C. The van der Waals surface area contributed by atoms with Gasteiger partial charge in [-0.3, -0.25) is 0 Å². The van der Waals surface area contributed by atoms with Crippen LogP contribution in [0.15, 0.2) is 18.6 Å². The van der Waals surface area contributed by atoms with Crippen LogP contribution in [0.5, 0.6) is 5.75 Å². The molecule has 1 spiro atoms. The minimum absolute atomic E-state index is 0.0430. The van der Waals surface area contributed by atoms with E-state index in [1.165, 1.54) is 11.1 Å². The van der Waals surface area contributed by atoms with E-state index in [4.69, 9.17) is 9.72 Å². The fourth-order valence-electron chi connectivity index (χ4n) is 4.81. The second-order valence-electron chi connectivity index (χ2n) is 8.79. The van der Waals surface area contributed by atoms with Crippen molar-refractivity contribution in [1.29, 1.82) is 0 Å². The van der Waals surface area contributed by atoms with Crippen molar-refractivity contribution in [2.24, 2.45) is 0 Å². The molecule has 0 aliphatic carbocycles. The summed E-state index contributed by atoms with van der Waals surface area (Å²) in [5, 5.41) is 7.76. The van der Waals surface area contributed by atoms with E-state index in [-0.39, 0.29) is 5.41 Å². The largest absolute Gasteiger partial charge is 0.490 e. The van der Waals surface area contributed by atoms with Crippen molar-refractivity contribution in [3.8, 4) is 17.0 Å². The molecular weight excluding hydrogens is 364 g/mol. The van der Waals surface area contributed by atoms with E-state index in [1.54, 1.807) is 6.33 Å². The fraction of sp³-hybridized carbons (Fsp3) is 0.409. The van der Waals surface area contributed by atoms with Crippen molar-refractivity contribution in [3.63, 3.8) is 0 Å². The summed E-state index contributed by atoms with van der Waals surface area (Å²) < 4.78 is 7.88. The lowest BCUT2D eigenvalue weighted by molar-refractivity contribution is 0.198. The molecule has 4 aromatic rings. The first kappa shape index (κ1) is 17.0. The Balaban J connectivity index is 1.64. The smallest absolute Gasteiger partial charge is 0.158 e. The Hall–Kier alpha value is -2.93. The van der Waals surface area contributed by atoms with Crippen LogP contribution in [0.4, 0.5) is 0 Å². The second kappa shape index (κ2) is 5.57. The Morgan fingerprint density at radius 3 is 2.76 bits per heavy atom. The standard InChI is InChI=1S/C22H24N6O/c1-11(2)17-18(14-6-28-21(24-10-25-28)13(4)12(14)3)26-15-5-16-20(27-19(15)17)22(9-29-16)7-23-8-22/h5-6,10-11,23,26H,7-9H2,1-4H3. The first-order valence-corrected chi connectivity index (χ1v) is 10.2. The Morgan fingerprint density at radius 2 is 2.03 bits per heavy atom. The third kappa shape index (κ3) is 2.13. The van der Waals surface area contributed by atoms with Crippen LogP contribution in [0.25, 0.3) is 27.9 Å². The van der Waals surface area contributed by atoms with E-state index >= 15 is 0 Å². The van der Waals surface area contributed by atoms with Gasteiger partial charge >= 0.3 is 0 Å². The molecule has 148 valence electrons. The number of nitrogens with one attached hydrogen (secondary N) is 2. The topological polar surface area (TPSA) is 80.1 Å². The van der Waals surface area contributed by atoms with E-state index < -0.39 is 0 Å². The van der Waals surface area contributed by atoms with Crippen molar-refractivity contribution in [2.75, 3.05) is 19.7 Å². The van der Waals surface area contributed by atoms with Gasteiger partial charge in [-0.2, -0.15) is 5.10 Å². The molecule has 6 heterocycles. The van der Waals surface area contributed by atoms with Gasteiger partial charge in [-0.15, -0.1) is 0 Å². The molecule has 0 saturated carbocycles. The Bertz CT molecular complexity index is 1290. The van der Waals surface area contributed by atoms with Crippen molar-refractivity contribution in [1.82, 2.24) is 29.9 Å². The maximum absolute atomic E-state index is 6.02. The zero-order chi connectivity index (χ0) is 19.9. The van der Waals surface area contributed by atoms with Crippen LogP contribution in [0, 0.1) is 13.8 Å². The number of H-pyrrole nitrogens is 1. The van der Waals surface area contributed by atoms with E-state index in [0.29, 0.717) is 5.92 Å². The third-order valence-corrected chi connectivity index (χ3v) is 6.68. The van der Waals surface area contributed by atoms with Crippen LogP contribution >= 0.6 is 0 Å². The molecule has 0 unspecified atom stereocenters. The number of aromatic amines is 1. The third-order valence-electron chi connectivity index (χ3n) is 6.68. The van der Waals surface area contributed by atoms with Crippen molar-refractivity contribution in [3.05, 3.63) is 41.0 Å². The van der Waals surface area contributed by atoms with Gasteiger partial charge < -0.3 is 15.0 Å². The van der Waals surface area contributed by atoms with Crippen LogP contribution < -0.4 is 10.1 Å². The van der Waals surface area contributed by atoms with Crippen LogP contribution in [0.1, 0.15) is 42.1 Å². The fourth-order valence-corrected chi connectivity index (χ4v) is 4.81. The lowest BCUT2D eigenvalue weighted by atomic mass is 9.80. The summed E-state index contributed by atoms with van der Waals surface area (Å²) in [5.41, 5.74) is 10.0. The molecule has 4 aromatic heterocycles. The number of ether oxygens (including phenoxy) is 1. The maximum Gasteiger partial charge on any atom is 0.158 e. The lowest BCUT2D eigenvalue weighted by Crippen LogP contribution is -2.58. The van der Waals surface area contributed by atoms with Gasteiger partial charge in [0.25, 0.3) is 0 Å². The highest BCUT2D eigenvalue weighted by molar-refractivity contribution is 5.90. The Labute approximate surface area is 168 Å². The highest BCUT2D eigenvalue weighted by Crippen LogP contribution is 2.44. The monoisotopic (exact) mass is 388 g/mol. The first-order valence-electron chi connectivity index (χ1n) is 10.2. The summed E-state index contributed by atoms with van der Waals surface area (Å²) >= 11 is 0. The first-order chi connectivity index (χ1) is 14.0. The van der Waals surface area contributed by atoms with Gasteiger partial charge in [-0.05, 0) is 30.9 Å². The van der Waals surface area contributed by atoms with Gasteiger partial charge in [-0.1, -0.05) is 13.8 Å². The minimum Gasteiger partial charge on any atom is -0.490 e. The number of nitrogens with zero attached hydrogens (tertiary/aromatic N) is 4. The average molecular weight is 388 g/mol. The molecule has 1 fully saturated rings. The molecule has 0 atom stereocenters. The van der Waals surface area contributed by atoms with Gasteiger partial charge in [-0.25, -0.2) is 14.5 Å². The van der Waals surface area contributed by atoms with Crippen LogP contribution in [0.3, 0.4) is 0 Å². The molecule has 7 heteroatoms. The molecule has 2 aliphatic heterocycles. The summed E-state index contributed by atoms with van der Waals surface area (Å²) in [6.45, 7) is 11.3. The summed E-state index contributed by atoms with van der Waals surface area (Å²) in [7, 11) is 0. The number of pyridine rings is 2. The summed E-state index contributed by atoms with van der Waals surface area (Å²) in [5.74, 6) is 1.25. The number of hydrogen-bond acceptors (Lipinski definition) is 5. The molecule has 2 N–H and O–H groups in total. The van der Waals surface area contributed by atoms with Crippen molar-refractivity contribution in [2.45, 2.75) is 39.0 Å². The van der Waals surface area contributed by atoms with E-state index in [9.17, 15) is 0 Å². The van der Waals surface area contributed by atoms with Crippen LogP contribution in [-0.2, 0) is 5.41 Å². The molecule has 0 aromatic carbocycles. The van der Waals surface area contributed by atoms with Crippen molar-refractivity contribution < 1.29 is 4.74 Å². The number of aromatic nitrogens is 5. The normalized spacial score (nSPS) is 17.3. The zero-order valence-electron chi connectivity index (χ0n) is 17.1. The second-order valence-corrected chi connectivity index (χ2v) is 8.79. The summed E-state index contributed by atoms with van der Waals surface area (Å²) in [4.78, 5) is 13.2. The molecule has 29 heavy (non-hydrogen) atoms. The lowest BCUT2D eigenvalue weighted by Gasteiger charge is -2.36. The van der Waals surface area contributed by atoms with Crippen molar-refractivity contribution >= 4 is 16.7 Å². The average Bonchev–Trinajstić information content (AvgIpc) is 3.36. The number of fused-ring (bicyclic) bond motifs is 4. The molecule has 1 saturated heterocycles. The van der Waals surface area contributed by atoms with E-state index in [2.05, 4.69) is 60.3 Å². The highest BCUT2D eigenvalue weighted by atomic mass is 16.5. The zero-order valence-corrected chi connectivity index (χ0v) is 17.1. The highest BCUT2D eigenvalue weighted by Gasteiger charge is 2.47. The predicted molar refractivity (Wildman–Crippen MR) is 112 cm³/mol. The number of rotatable bonds is 2. The van der Waals surface area contributed by atoms with Gasteiger partial charge in [0.05, 0.1) is 27.8 Å². The maximum atomic E-state index is 6.02. The number of hydrogen-bond donors (Lipinski definition) is 2. The Kier molecular flexibility index (Phi) is 3.26. The summed E-state index contributed by atoms with van der Waals surface area (Å²) in [6, 6.07) is 2.14. The molecular formula is C22H24N6O. The Morgan fingerprint density at radius 1 is 1.21 bits per heavy atom. The van der Waals surface area contributed by atoms with E-state index in [1.807, 2.05) is 4.52 Å². The molecule has 0 amide bonds. The predicted octanol–water partition coefficient (Wildman–Crippen LogP) is 3.25. The van der Waals surface area contributed by atoms with Crippen LogP contribution in [-0.4, -0.2) is 44.3 Å². The molecule has 0 bridgehead atoms. The number of aryl methyl sites for hydroxylation is 1. The quantitative estimate of drug-likeness (QED) is 0.551. The van der Waals surface area contributed by atoms with E-state index in [0.717, 1.165) is 64.6 Å². The molecule has 2 aliphatic rings. The minimum atomic E-state index is 0.0430. The van der Waals surface area contributed by atoms with Gasteiger partial charge in [0.2, 0.25) is 0 Å². The molecule has 0 radical (unpaired) electrons.